The summed E-state index contributed by atoms with van der Waals surface area (Å²) in [5.41, 5.74) is 0. The molecule has 0 bridgehead atoms. The molecule has 0 saturated heterocycles. The second-order valence-corrected chi connectivity index (χ2v) is 10.1. The molecule has 0 heterocycles. The van der Waals surface area contributed by atoms with Gasteiger partial charge in [0.15, 0.2) is 0 Å². The van der Waals surface area contributed by atoms with Crippen molar-refractivity contribution in [2.45, 2.75) is 63.8 Å². The van der Waals surface area contributed by atoms with E-state index >= 15 is 0 Å². The first-order valence-electron chi connectivity index (χ1n) is 8.10. The molecule has 0 aromatic carbocycles. The minimum Gasteiger partial charge on any atom is -0.281 e. The first kappa shape index (κ1) is 39.3. The second kappa shape index (κ2) is 9.14. The number of hydrogen-bond acceptors (Lipinski definition) is 4. The van der Waals surface area contributed by atoms with Crippen molar-refractivity contribution >= 4 is 20.2 Å². The Kier molecular flexibility index (Phi) is 8.76. The minimum absolute atomic E-state index is 7.73. The lowest BCUT2D eigenvalue weighted by Gasteiger charge is -2.45. The quantitative estimate of drug-likeness (QED) is 0.200. The number of halogens is 22. The van der Waals surface area contributed by atoms with E-state index in [9.17, 15) is 113 Å². The number of alkyl halides is 22. The van der Waals surface area contributed by atoms with E-state index in [0.717, 1.165) is 0 Å². The van der Waals surface area contributed by atoms with Crippen molar-refractivity contribution in [3.8, 4) is 0 Å². The summed E-state index contributed by atoms with van der Waals surface area (Å²) in [6.45, 7) is 0. The van der Waals surface area contributed by atoms with Crippen LogP contribution in [0.2, 0.25) is 0 Å². The zero-order chi connectivity index (χ0) is 34.5. The summed E-state index contributed by atoms with van der Waals surface area (Å²) in [5.74, 6) is -84.3. The minimum atomic E-state index is -9.69. The molecule has 0 aromatic rings. The lowest BCUT2D eigenvalue weighted by atomic mass is 9.86. The fourth-order valence-electron chi connectivity index (χ4n) is 2.07. The highest BCUT2D eigenvalue weighted by Crippen LogP contribution is 2.67. The molecule has 0 aromatic heterocycles. The number of rotatable bonds is 12. The van der Waals surface area contributed by atoms with Crippen molar-refractivity contribution in [3.05, 3.63) is 0 Å². The van der Waals surface area contributed by atoms with E-state index in [2.05, 4.69) is 0 Å². The van der Waals surface area contributed by atoms with Crippen molar-refractivity contribution in [3.63, 3.8) is 0 Å². The Morgan fingerprint density at radius 1 is 0.268 bits per heavy atom. The highest BCUT2D eigenvalue weighted by atomic mass is 32.2. The molecule has 0 aliphatic heterocycles. The molecule has 41 heavy (non-hydrogen) atoms. The van der Waals surface area contributed by atoms with E-state index in [0.29, 0.717) is 0 Å². The van der Waals surface area contributed by atoms with Gasteiger partial charge in [-0.05, 0) is 0 Å². The highest BCUT2D eigenvalue weighted by molar-refractivity contribution is 7.87. The monoisotopic (exact) mass is 712 g/mol. The van der Waals surface area contributed by atoms with Crippen LogP contribution in [0, 0.1) is 0 Å². The molecule has 0 amide bonds. The Morgan fingerprint density at radius 2 is 0.366 bits per heavy atom. The van der Waals surface area contributed by atoms with Gasteiger partial charge in [-0.2, -0.15) is 113 Å². The summed E-state index contributed by atoms with van der Waals surface area (Å²) >= 11 is 0. The van der Waals surface area contributed by atoms with Gasteiger partial charge in [-0.1, -0.05) is 0 Å². The summed E-state index contributed by atoms with van der Waals surface area (Å²) in [6, 6.07) is 0. The van der Waals surface area contributed by atoms with Gasteiger partial charge in [0.25, 0.3) is 0 Å². The fraction of sp³-hybridized carbons (Fsp3) is 1.00. The smallest absolute Gasteiger partial charge is 0.281 e. The third-order valence-electron chi connectivity index (χ3n) is 4.53. The highest BCUT2D eigenvalue weighted by Gasteiger charge is 2.99. The molecule has 0 aliphatic carbocycles. The van der Waals surface area contributed by atoms with Gasteiger partial charge in [0.1, 0.15) is 0 Å². The van der Waals surface area contributed by atoms with Gasteiger partial charge in [0, 0.05) is 0 Å². The van der Waals surface area contributed by atoms with E-state index in [1.807, 2.05) is 0 Å². The molecule has 0 saturated carbocycles. The summed E-state index contributed by atoms with van der Waals surface area (Å²) in [5, 5.41) is -16.4. The summed E-state index contributed by atoms with van der Waals surface area (Å²) < 4.78 is 349. The molecule has 0 aliphatic rings. The van der Waals surface area contributed by atoms with Crippen LogP contribution in [-0.4, -0.2) is 89.8 Å². The van der Waals surface area contributed by atoms with E-state index in [-0.39, 0.29) is 0 Å². The molecule has 248 valence electrons. The Hall–Kier alpha value is -1.72. The van der Waals surface area contributed by atoms with Crippen LogP contribution in [0.4, 0.5) is 96.6 Å². The summed E-state index contributed by atoms with van der Waals surface area (Å²) in [4.78, 5) is 0. The number of hydrogen-bond donors (Lipinski definition) is 2. The molecular formula is C11H2F22O6S2. The van der Waals surface area contributed by atoms with E-state index in [1.54, 1.807) is 0 Å². The van der Waals surface area contributed by atoms with Gasteiger partial charge in [-0.25, -0.2) is 0 Å². The van der Waals surface area contributed by atoms with Gasteiger partial charge in [0.05, 0.1) is 0 Å². The third kappa shape index (κ3) is 4.46. The van der Waals surface area contributed by atoms with Gasteiger partial charge in [0.2, 0.25) is 0 Å². The molecular weight excluding hydrogens is 710 g/mol. The Bertz CT molecular complexity index is 1140. The summed E-state index contributed by atoms with van der Waals surface area (Å²) in [6.07, 6.45) is 0. The maximum absolute atomic E-state index is 13.5. The average molecular weight is 712 g/mol. The van der Waals surface area contributed by atoms with Crippen molar-refractivity contribution in [1.29, 1.82) is 0 Å². The normalized spacial score (nSPS) is 17.2. The van der Waals surface area contributed by atoms with Crippen LogP contribution in [0.25, 0.3) is 0 Å². The van der Waals surface area contributed by atoms with Gasteiger partial charge in [-0.3, -0.25) is 9.11 Å². The van der Waals surface area contributed by atoms with E-state index < -0.39 is 84.0 Å². The second-order valence-electron chi connectivity index (χ2n) is 7.15. The molecule has 0 fully saturated rings. The van der Waals surface area contributed by atoms with E-state index in [1.165, 1.54) is 0 Å². The van der Waals surface area contributed by atoms with Crippen molar-refractivity contribution in [2.75, 3.05) is 0 Å². The predicted molar refractivity (Wildman–Crippen MR) is 77.5 cm³/mol. The van der Waals surface area contributed by atoms with Crippen molar-refractivity contribution in [2.24, 2.45) is 0 Å². The van der Waals surface area contributed by atoms with Gasteiger partial charge < -0.3 is 0 Å². The van der Waals surface area contributed by atoms with Crippen LogP contribution in [-0.2, 0) is 20.2 Å². The molecule has 0 atom stereocenters. The standard InChI is InChI=1S/C11H2F22O6S2/c12-1(13,2(14,15)4(18,19)6(22,23)8(26,27)10(30,31)40(34,35)36)3(16,17)5(20,21)7(24,25)9(28,29)11(32,33)41(37,38)39/h(H,34,35,36)(H,37,38,39). The zero-order valence-corrected chi connectivity index (χ0v) is 18.8. The Balaban J connectivity index is 7.50. The fourth-order valence-corrected chi connectivity index (χ4v) is 2.97. The molecule has 30 heteroatoms. The Labute approximate surface area is 207 Å². The first-order valence-corrected chi connectivity index (χ1v) is 11.0. The average Bonchev–Trinajstić information content (AvgIpc) is 2.70. The third-order valence-corrected chi connectivity index (χ3v) is 6.34. The first-order chi connectivity index (χ1) is 17.0. The van der Waals surface area contributed by atoms with Gasteiger partial charge >= 0.3 is 84.0 Å². The Morgan fingerprint density at radius 3 is 0.463 bits per heavy atom. The SMILES string of the molecule is O=S(=O)(O)C(F)(F)C(F)(F)C(F)(F)C(F)(F)C(F)(F)C(F)(F)C(F)(F)C(F)(F)C(F)(F)C(F)(F)C(F)(F)S(=O)(=O)O. The molecule has 0 spiro atoms. The van der Waals surface area contributed by atoms with Crippen LogP contribution >= 0.6 is 0 Å². The lowest BCUT2D eigenvalue weighted by Crippen LogP contribution is -2.78. The van der Waals surface area contributed by atoms with Crippen LogP contribution in [0.1, 0.15) is 0 Å². The topological polar surface area (TPSA) is 109 Å². The maximum Gasteiger partial charge on any atom is 0.438 e. The van der Waals surface area contributed by atoms with Crippen molar-refractivity contribution < 1.29 is 123 Å². The lowest BCUT2D eigenvalue weighted by molar-refractivity contribution is -0.470. The molecule has 0 radical (unpaired) electrons. The van der Waals surface area contributed by atoms with Crippen LogP contribution in [0.5, 0.6) is 0 Å². The molecule has 6 nitrogen and oxygen atoms in total. The molecule has 0 unspecified atom stereocenters. The zero-order valence-electron chi connectivity index (χ0n) is 17.2. The predicted octanol–water partition coefficient (Wildman–Crippen LogP) is 5.67. The van der Waals surface area contributed by atoms with Crippen LogP contribution < -0.4 is 0 Å². The van der Waals surface area contributed by atoms with Crippen LogP contribution in [0.3, 0.4) is 0 Å². The summed E-state index contributed by atoms with van der Waals surface area (Å²) in [7, 11) is -16.4. The maximum atomic E-state index is 13.5. The molecule has 2 N–H and O–H groups in total. The largest absolute Gasteiger partial charge is 0.438 e. The molecule has 0 rings (SSSR count). The van der Waals surface area contributed by atoms with Crippen molar-refractivity contribution in [1.82, 2.24) is 0 Å². The van der Waals surface area contributed by atoms with Gasteiger partial charge in [-0.15, -0.1) is 0 Å². The van der Waals surface area contributed by atoms with E-state index in [4.69, 9.17) is 9.11 Å². The van der Waals surface area contributed by atoms with Crippen LogP contribution in [0.15, 0.2) is 0 Å².